The second-order valence-electron chi connectivity index (χ2n) is 21.0. The average molecular weight is 991 g/mol. The maximum atomic E-state index is 15.1. The third-order valence-corrected chi connectivity index (χ3v) is 16.8. The molecule has 12 rings (SSSR count). The quantitative estimate of drug-likeness (QED) is 0.135. The number of anilines is 4. The Bertz CT molecular complexity index is 3930. The van der Waals surface area contributed by atoms with Crippen molar-refractivity contribution in [1.82, 2.24) is 0 Å². The van der Waals surface area contributed by atoms with Crippen molar-refractivity contribution < 1.29 is 8.78 Å². The lowest BCUT2D eigenvalue weighted by atomic mass is 9.67. The first-order chi connectivity index (χ1) is 36.8. The Kier molecular flexibility index (Phi) is 12.3. The molecule has 0 saturated carbocycles. The third kappa shape index (κ3) is 8.24. The van der Waals surface area contributed by atoms with Gasteiger partial charge in [0.25, 0.3) is 0 Å². The van der Waals surface area contributed by atoms with Crippen molar-refractivity contribution >= 4 is 22.7 Å². The molecule has 0 heterocycles. The van der Waals surface area contributed by atoms with E-state index in [2.05, 4.69) is 223 Å². The summed E-state index contributed by atoms with van der Waals surface area (Å²) in [5.74, 6) is -0.669. The number of hydrogen-bond acceptors (Lipinski definition) is 2. The van der Waals surface area contributed by atoms with Crippen LogP contribution in [0.2, 0.25) is 0 Å². The van der Waals surface area contributed by atoms with Gasteiger partial charge in [0.05, 0.1) is 17.4 Å². The van der Waals surface area contributed by atoms with Gasteiger partial charge < -0.3 is 9.80 Å². The van der Waals surface area contributed by atoms with Crippen LogP contribution in [0.5, 0.6) is 0 Å². The number of hydrogen-bond donors (Lipinski definition) is 0. The number of halogens is 2. The van der Waals surface area contributed by atoms with E-state index >= 15 is 8.78 Å². The molecule has 0 radical (unpaired) electrons. The maximum Gasteiger partial charge on any atom is 0.123 e. The Morgan fingerprint density at radius 2 is 0.895 bits per heavy atom. The SMILES string of the molecule is Cc1cccc(-c2ccc(N(C3=C4C=CC5=C6C(=CC=C(C=C3)C46)C(N(c3ccc(F)cc3)c3ccc(-c4cccc(C)c4C)cc3-c3cccc(C)c3C)C=C5)c3ccc(F)cc3)c(-c3cccc(C)c3C)c2)c1C. The molecule has 0 bridgehead atoms. The van der Waals surface area contributed by atoms with Crippen LogP contribution in [0.4, 0.5) is 31.5 Å². The molecule has 2 unspecified atom stereocenters. The number of aryl methyl sites for hydroxylation is 4. The van der Waals surface area contributed by atoms with Crippen LogP contribution >= 0.6 is 0 Å². The zero-order chi connectivity index (χ0) is 52.5. The highest BCUT2D eigenvalue weighted by Crippen LogP contribution is 2.54. The van der Waals surface area contributed by atoms with Crippen molar-refractivity contribution in [1.29, 1.82) is 0 Å². The van der Waals surface area contributed by atoms with E-state index < -0.39 is 0 Å². The lowest BCUT2D eigenvalue weighted by molar-refractivity contribution is 0.627. The minimum atomic E-state index is -0.286. The molecule has 0 aromatic heterocycles. The topological polar surface area (TPSA) is 6.48 Å². The third-order valence-electron chi connectivity index (χ3n) is 16.8. The van der Waals surface area contributed by atoms with Gasteiger partial charge in [-0.2, -0.15) is 0 Å². The Morgan fingerprint density at radius 3 is 1.45 bits per heavy atom. The number of nitrogens with zero attached hydrogens (tertiary/aromatic N) is 2. The van der Waals surface area contributed by atoms with E-state index in [1.54, 1.807) is 24.3 Å². The van der Waals surface area contributed by atoms with E-state index in [-0.39, 0.29) is 23.6 Å². The van der Waals surface area contributed by atoms with Crippen LogP contribution in [0, 0.1) is 72.9 Å². The largest absolute Gasteiger partial charge is 0.330 e. The summed E-state index contributed by atoms with van der Waals surface area (Å²) >= 11 is 0. The highest BCUT2D eigenvalue weighted by molar-refractivity contribution is 5.93. The average Bonchev–Trinajstić information content (AvgIpc) is 3.60. The van der Waals surface area contributed by atoms with Crippen LogP contribution in [-0.2, 0) is 0 Å². The van der Waals surface area contributed by atoms with Gasteiger partial charge >= 0.3 is 0 Å². The molecule has 8 aromatic rings. The molecule has 0 spiro atoms. The molecule has 76 heavy (non-hydrogen) atoms. The predicted molar refractivity (Wildman–Crippen MR) is 315 cm³/mol. The maximum absolute atomic E-state index is 15.1. The number of allylic oxidation sites excluding steroid dienone is 10. The normalized spacial score (nSPS) is 16.2. The van der Waals surface area contributed by atoms with E-state index in [4.69, 9.17) is 0 Å². The minimum absolute atomic E-state index is 0.103. The molecular formula is C72H60F2N2. The van der Waals surface area contributed by atoms with Crippen molar-refractivity contribution in [3.05, 3.63) is 296 Å². The zero-order valence-electron chi connectivity index (χ0n) is 44.4. The minimum Gasteiger partial charge on any atom is -0.330 e. The van der Waals surface area contributed by atoms with E-state index in [0.29, 0.717) is 0 Å². The van der Waals surface area contributed by atoms with Gasteiger partial charge in [-0.15, -0.1) is 0 Å². The molecule has 0 amide bonds. The highest BCUT2D eigenvalue weighted by atomic mass is 19.1. The summed E-state index contributed by atoms with van der Waals surface area (Å²) in [6, 6.07) is 53.5. The van der Waals surface area contributed by atoms with Gasteiger partial charge in [0.15, 0.2) is 0 Å². The molecule has 0 saturated heterocycles. The lowest BCUT2D eigenvalue weighted by Gasteiger charge is -2.44. The van der Waals surface area contributed by atoms with E-state index in [1.807, 2.05) is 24.3 Å². The van der Waals surface area contributed by atoms with Crippen molar-refractivity contribution in [3.8, 4) is 44.5 Å². The molecule has 0 fully saturated rings. The van der Waals surface area contributed by atoms with Crippen molar-refractivity contribution in [2.75, 3.05) is 9.80 Å². The first kappa shape index (κ1) is 48.3. The molecule has 0 N–H and O–H groups in total. The Labute approximate surface area is 447 Å². The van der Waals surface area contributed by atoms with Crippen molar-refractivity contribution in [2.45, 2.75) is 61.4 Å². The molecule has 4 aliphatic rings. The summed E-state index contributed by atoms with van der Waals surface area (Å²) in [5, 5.41) is 0. The Balaban J connectivity index is 1.04. The first-order valence-electron chi connectivity index (χ1n) is 26.4. The van der Waals surface area contributed by atoms with Gasteiger partial charge in [-0.3, -0.25) is 0 Å². The summed E-state index contributed by atoms with van der Waals surface area (Å²) in [6.45, 7) is 17.5. The highest BCUT2D eigenvalue weighted by Gasteiger charge is 2.41. The van der Waals surface area contributed by atoms with Gasteiger partial charge in [-0.1, -0.05) is 127 Å². The van der Waals surface area contributed by atoms with Gasteiger partial charge in [0.1, 0.15) is 11.6 Å². The van der Waals surface area contributed by atoms with Gasteiger partial charge in [-0.05, 0) is 240 Å². The fourth-order valence-electron chi connectivity index (χ4n) is 12.0. The second-order valence-corrected chi connectivity index (χ2v) is 21.0. The van der Waals surface area contributed by atoms with Crippen LogP contribution in [-0.4, -0.2) is 6.04 Å². The standard InChI is InChI=1S/C72H60F2N2/c1-43-13-9-17-59(47(43)5)53-25-39-69(65(41-53)61-19-11-15-45(3)49(61)7)75(57-31-27-55(73)28-32-57)67-37-23-51-22-36-64-68(38-24-52-21-35-63(67)71(51)72(52)64)76(58-33-29-56(74)30-34-58)70-40-26-54(60-18-10-14-44(2)48(60)6)42-66(70)62-20-12-16-46(4)50(62)8/h9-42,67,72H,1-8H3. The number of benzene rings is 8. The van der Waals surface area contributed by atoms with Crippen LogP contribution < -0.4 is 9.80 Å². The molecule has 2 atom stereocenters. The van der Waals surface area contributed by atoms with Gasteiger partial charge in [0, 0.05) is 34.1 Å². The molecule has 4 aliphatic carbocycles. The van der Waals surface area contributed by atoms with Crippen LogP contribution in [0.1, 0.15) is 44.5 Å². The molecule has 8 aromatic carbocycles. The monoisotopic (exact) mass is 990 g/mol. The van der Waals surface area contributed by atoms with Crippen LogP contribution in [0.25, 0.3) is 44.5 Å². The van der Waals surface area contributed by atoms with Crippen LogP contribution in [0.3, 0.4) is 0 Å². The summed E-state index contributed by atoms with van der Waals surface area (Å²) < 4.78 is 30.1. The fourth-order valence-corrected chi connectivity index (χ4v) is 12.0. The van der Waals surface area contributed by atoms with Crippen molar-refractivity contribution in [2.24, 2.45) is 5.92 Å². The van der Waals surface area contributed by atoms with E-state index in [1.165, 1.54) is 72.4 Å². The summed E-state index contributed by atoms with van der Waals surface area (Å²) in [5.41, 5.74) is 29.8. The second kappa shape index (κ2) is 19.3. The molecule has 2 nitrogen and oxygen atoms in total. The summed E-state index contributed by atoms with van der Waals surface area (Å²) in [7, 11) is 0. The Morgan fingerprint density at radius 1 is 0.408 bits per heavy atom. The number of rotatable bonds is 10. The molecule has 4 heteroatoms. The summed E-state index contributed by atoms with van der Waals surface area (Å²) in [4.78, 5) is 4.75. The zero-order valence-corrected chi connectivity index (χ0v) is 44.4. The smallest absolute Gasteiger partial charge is 0.123 e. The molecular weight excluding hydrogens is 931 g/mol. The predicted octanol–water partition coefficient (Wildman–Crippen LogP) is 19.2. The molecule has 0 aliphatic heterocycles. The van der Waals surface area contributed by atoms with Crippen molar-refractivity contribution in [3.63, 3.8) is 0 Å². The first-order valence-corrected chi connectivity index (χ1v) is 26.4. The lowest BCUT2D eigenvalue weighted by Crippen LogP contribution is -2.37. The van der Waals surface area contributed by atoms with Gasteiger partial charge in [-0.25, -0.2) is 8.78 Å². The molecule has 372 valence electrons. The van der Waals surface area contributed by atoms with E-state index in [0.717, 1.165) is 73.0 Å². The fraction of sp³-hybridized carbons (Fsp3) is 0.139. The Hall–Kier alpha value is -8.60. The van der Waals surface area contributed by atoms with E-state index in [9.17, 15) is 0 Å². The van der Waals surface area contributed by atoms with Gasteiger partial charge in [0.2, 0.25) is 0 Å². The van der Waals surface area contributed by atoms with Crippen LogP contribution in [0.15, 0.2) is 240 Å². The summed E-state index contributed by atoms with van der Waals surface area (Å²) in [6.07, 6.45) is 18.3.